The molecule has 0 spiro atoms. The average Bonchev–Trinajstić information content (AvgIpc) is 2.39. The van der Waals surface area contributed by atoms with Crippen LogP contribution in [0.15, 0.2) is 12.1 Å². The zero-order valence-electron chi connectivity index (χ0n) is 6.92. The molecule has 2 nitrogen and oxygen atoms in total. The van der Waals surface area contributed by atoms with Gasteiger partial charge in [-0.25, -0.2) is 0 Å². The molecule has 0 aliphatic heterocycles. The normalized spacial score (nSPS) is 13.4. The Hall–Kier alpha value is -0.380. The third kappa shape index (κ3) is 2.02. The monoisotopic (exact) mass is 170 g/mol. The minimum Gasteiger partial charge on any atom is -0.329 e. The van der Waals surface area contributed by atoms with Crippen molar-refractivity contribution < 1.29 is 0 Å². The smallest absolute Gasteiger partial charge is 0.0536 e. The third-order valence-corrected chi connectivity index (χ3v) is 2.80. The Balaban J connectivity index is 2.73. The summed E-state index contributed by atoms with van der Waals surface area (Å²) in [5, 5.41) is 3.17. The highest BCUT2D eigenvalue weighted by Gasteiger charge is 2.07. The highest BCUT2D eigenvalue weighted by Crippen LogP contribution is 2.21. The van der Waals surface area contributed by atoms with Gasteiger partial charge in [-0.1, -0.05) is 0 Å². The van der Waals surface area contributed by atoms with Crippen molar-refractivity contribution in [1.29, 1.82) is 0 Å². The number of likely N-dealkylation sites (N-methyl/N-ethyl adjacent to an activating group) is 1. The summed E-state index contributed by atoms with van der Waals surface area (Å²) in [6.07, 6.45) is 0. The van der Waals surface area contributed by atoms with Crippen LogP contribution in [0.25, 0.3) is 0 Å². The van der Waals surface area contributed by atoms with Gasteiger partial charge < -0.3 is 11.1 Å². The van der Waals surface area contributed by atoms with Gasteiger partial charge in [-0.15, -0.1) is 11.3 Å². The van der Waals surface area contributed by atoms with E-state index < -0.39 is 0 Å². The van der Waals surface area contributed by atoms with Crippen LogP contribution in [0.1, 0.15) is 15.8 Å². The first-order valence-corrected chi connectivity index (χ1v) is 4.53. The molecule has 1 aromatic heterocycles. The standard InChI is InChI=1S/C8H14N2S/c1-6-3-4-8(11-6)7(5-9)10-2/h3-4,7,10H,5,9H2,1-2H3. The van der Waals surface area contributed by atoms with E-state index in [1.54, 1.807) is 11.3 Å². The molecule has 1 unspecified atom stereocenters. The van der Waals surface area contributed by atoms with Gasteiger partial charge in [0.2, 0.25) is 0 Å². The SMILES string of the molecule is CNC(CN)c1ccc(C)s1. The molecule has 0 aliphatic rings. The average molecular weight is 170 g/mol. The molecule has 0 aliphatic carbocycles. The number of thiophene rings is 1. The lowest BCUT2D eigenvalue weighted by Gasteiger charge is -2.10. The summed E-state index contributed by atoms with van der Waals surface area (Å²) in [5.41, 5.74) is 5.57. The predicted molar refractivity (Wildman–Crippen MR) is 49.9 cm³/mol. The lowest BCUT2D eigenvalue weighted by molar-refractivity contribution is 0.616. The van der Waals surface area contributed by atoms with Crippen molar-refractivity contribution in [2.24, 2.45) is 5.73 Å². The van der Waals surface area contributed by atoms with Gasteiger partial charge in [0.1, 0.15) is 0 Å². The Bertz CT molecular complexity index is 216. The van der Waals surface area contributed by atoms with Gasteiger partial charge >= 0.3 is 0 Å². The second-order valence-electron chi connectivity index (χ2n) is 2.53. The molecule has 0 aromatic carbocycles. The molecule has 0 saturated carbocycles. The van der Waals surface area contributed by atoms with Crippen molar-refractivity contribution in [2.45, 2.75) is 13.0 Å². The minimum absolute atomic E-state index is 0.327. The van der Waals surface area contributed by atoms with Crippen LogP contribution in [-0.4, -0.2) is 13.6 Å². The Morgan fingerprint density at radius 2 is 2.36 bits per heavy atom. The molecule has 3 heteroatoms. The summed E-state index contributed by atoms with van der Waals surface area (Å²) in [6, 6.07) is 4.59. The van der Waals surface area contributed by atoms with E-state index in [-0.39, 0.29) is 0 Å². The molecular formula is C8H14N2S. The predicted octanol–water partition coefficient (Wildman–Crippen LogP) is 1.28. The van der Waals surface area contributed by atoms with Crippen LogP contribution in [0.3, 0.4) is 0 Å². The van der Waals surface area contributed by atoms with Crippen molar-refractivity contribution in [2.75, 3.05) is 13.6 Å². The molecule has 0 amide bonds. The van der Waals surface area contributed by atoms with Crippen molar-refractivity contribution in [3.8, 4) is 0 Å². The van der Waals surface area contributed by atoms with Gasteiger partial charge in [0.25, 0.3) is 0 Å². The molecule has 11 heavy (non-hydrogen) atoms. The fraction of sp³-hybridized carbons (Fsp3) is 0.500. The van der Waals surface area contributed by atoms with E-state index in [9.17, 15) is 0 Å². The molecule has 1 heterocycles. The summed E-state index contributed by atoms with van der Waals surface area (Å²) in [5.74, 6) is 0. The van der Waals surface area contributed by atoms with Crippen LogP contribution in [-0.2, 0) is 0 Å². The second-order valence-corrected chi connectivity index (χ2v) is 3.84. The maximum Gasteiger partial charge on any atom is 0.0536 e. The van der Waals surface area contributed by atoms with E-state index in [1.807, 2.05) is 7.05 Å². The van der Waals surface area contributed by atoms with E-state index in [4.69, 9.17) is 5.73 Å². The van der Waals surface area contributed by atoms with Crippen LogP contribution in [0, 0.1) is 6.92 Å². The van der Waals surface area contributed by atoms with Crippen LogP contribution >= 0.6 is 11.3 Å². The van der Waals surface area contributed by atoms with Crippen molar-refractivity contribution >= 4 is 11.3 Å². The van der Waals surface area contributed by atoms with E-state index in [0.29, 0.717) is 12.6 Å². The topological polar surface area (TPSA) is 38.0 Å². The Kier molecular flexibility index (Phi) is 3.05. The van der Waals surface area contributed by atoms with Gasteiger partial charge in [-0.05, 0) is 26.1 Å². The van der Waals surface area contributed by atoms with Crippen molar-refractivity contribution in [1.82, 2.24) is 5.32 Å². The molecule has 62 valence electrons. The van der Waals surface area contributed by atoms with Gasteiger partial charge in [0.15, 0.2) is 0 Å². The minimum atomic E-state index is 0.327. The fourth-order valence-electron chi connectivity index (χ4n) is 1.02. The number of hydrogen-bond donors (Lipinski definition) is 2. The zero-order valence-corrected chi connectivity index (χ0v) is 7.74. The summed E-state index contributed by atoms with van der Waals surface area (Å²) >= 11 is 1.80. The molecule has 1 atom stereocenters. The maximum absolute atomic E-state index is 5.57. The van der Waals surface area contributed by atoms with Gasteiger partial charge in [-0.3, -0.25) is 0 Å². The molecule has 1 rings (SSSR count). The molecule has 0 radical (unpaired) electrons. The number of aryl methyl sites for hydroxylation is 1. The Morgan fingerprint density at radius 1 is 1.64 bits per heavy atom. The molecule has 0 fully saturated rings. The summed E-state index contributed by atoms with van der Waals surface area (Å²) in [4.78, 5) is 2.67. The van der Waals surface area contributed by atoms with Crippen LogP contribution < -0.4 is 11.1 Å². The first-order valence-electron chi connectivity index (χ1n) is 3.71. The van der Waals surface area contributed by atoms with E-state index in [0.717, 1.165) is 0 Å². The first kappa shape index (κ1) is 8.71. The molecule has 3 N–H and O–H groups in total. The summed E-state index contributed by atoms with van der Waals surface area (Å²) < 4.78 is 0. The Labute approximate surface area is 71.4 Å². The lowest BCUT2D eigenvalue weighted by atomic mass is 10.2. The molecule has 1 aromatic rings. The number of hydrogen-bond acceptors (Lipinski definition) is 3. The van der Waals surface area contributed by atoms with Crippen LogP contribution in [0.2, 0.25) is 0 Å². The second kappa shape index (κ2) is 3.85. The number of nitrogens with one attached hydrogen (secondary N) is 1. The quantitative estimate of drug-likeness (QED) is 0.717. The van der Waals surface area contributed by atoms with E-state index in [1.165, 1.54) is 9.75 Å². The number of rotatable bonds is 3. The van der Waals surface area contributed by atoms with E-state index >= 15 is 0 Å². The van der Waals surface area contributed by atoms with Gasteiger partial charge in [-0.2, -0.15) is 0 Å². The van der Waals surface area contributed by atoms with Crippen LogP contribution in [0.5, 0.6) is 0 Å². The maximum atomic E-state index is 5.57. The van der Waals surface area contributed by atoms with Gasteiger partial charge in [0, 0.05) is 16.3 Å². The largest absolute Gasteiger partial charge is 0.329 e. The molecule has 0 saturated heterocycles. The number of nitrogens with two attached hydrogens (primary N) is 1. The van der Waals surface area contributed by atoms with E-state index in [2.05, 4.69) is 24.4 Å². The fourth-order valence-corrected chi connectivity index (χ4v) is 2.02. The van der Waals surface area contributed by atoms with Crippen molar-refractivity contribution in [3.05, 3.63) is 21.9 Å². The molecule has 0 bridgehead atoms. The Morgan fingerprint density at radius 3 is 2.73 bits per heavy atom. The molecular weight excluding hydrogens is 156 g/mol. The summed E-state index contributed by atoms with van der Waals surface area (Å²) in [6.45, 7) is 2.77. The van der Waals surface area contributed by atoms with Crippen molar-refractivity contribution in [3.63, 3.8) is 0 Å². The summed E-state index contributed by atoms with van der Waals surface area (Å²) in [7, 11) is 1.94. The van der Waals surface area contributed by atoms with Gasteiger partial charge in [0.05, 0.1) is 6.04 Å². The van der Waals surface area contributed by atoms with Crippen LogP contribution in [0.4, 0.5) is 0 Å². The first-order chi connectivity index (χ1) is 5.27. The third-order valence-electron chi connectivity index (χ3n) is 1.69. The highest BCUT2D eigenvalue weighted by molar-refractivity contribution is 7.12. The lowest BCUT2D eigenvalue weighted by Crippen LogP contribution is -2.23. The zero-order chi connectivity index (χ0) is 8.27. The highest BCUT2D eigenvalue weighted by atomic mass is 32.1.